The van der Waals surface area contributed by atoms with Gasteiger partial charge in [-0.25, -0.2) is 8.42 Å². The number of sulfone groups is 1. The third-order valence-electron chi connectivity index (χ3n) is 2.43. The summed E-state index contributed by atoms with van der Waals surface area (Å²) in [5.74, 6) is 0.517. The zero-order valence-electron chi connectivity index (χ0n) is 9.87. The number of nitrogens with one attached hydrogen (secondary N) is 1. The number of hydrogen-bond donors (Lipinski definition) is 1. The molecule has 3 nitrogen and oxygen atoms in total. The van der Waals surface area contributed by atoms with Gasteiger partial charge in [-0.15, -0.1) is 0 Å². The highest BCUT2D eigenvalue weighted by Gasteiger charge is 2.25. The van der Waals surface area contributed by atoms with Crippen molar-refractivity contribution in [3.05, 3.63) is 0 Å². The summed E-state index contributed by atoms with van der Waals surface area (Å²) in [5.41, 5.74) is 0. The lowest BCUT2D eigenvalue weighted by molar-refractivity contribution is 0.413. The Morgan fingerprint density at radius 1 is 1.21 bits per heavy atom. The molecule has 0 saturated carbocycles. The summed E-state index contributed by atoms with van der Waals surface area (Å²) in [6, 6.07) is 0.0787. The summed E-state index contributed by atoms with van der Waals surface area (Å²) in [4.78, 5) is 0. The molecule has 2 atom stereocenters. The van der Waals surface area contributed by atoms with Crippen molar-refractivity contribution in [1.82, 2.24) is 5.32 Å². The van der Waals surface area contributed by atoms with Crippen LogP contribution < -0.4 is 5.32 Å². The Morgan fingerprint density at radius 3 is 2.00 bits per heavy atom. The van der Waals surface area contributed by atoms with E-state index in [1.165, 1.54) is 6.26 Å². The smallest absolute Gasteiger partial charge is 0.151 e. The second-order valence-electron chi connectivity index (χ2n) is 4.33. The third kappa shape index (κ3) is 4.96. The summed E-state index contributed by atoms with van der Waals surface area (Å²) in [6.07, 6.45) is 2.21. The van der Waals surface area contributed by atoms with Crippen LogP contribution in [0.25, 0.3) is 0 Å². The second-order valence-corrected chi connectivity index (χ2v) is 6.73. The molecular weight excluding hydrogens is 198 g/mol. The van der Waals surface area contributed by atoms with E-state index in [4.69, 9.17) is 0 Å². The highest BCUT2D eigenvalue weighted by Crippen LogP contribution is 2.13. The summed E-state index contributed by atoms with van der Waals surface area (Å²) in [6.45, 7) is 8.82. The number of hydrogen-bond acceptors (Lipinski definition) is 3. The van der Waals surface area contributed by atoms with Crippen molar-refractivity contribution in [2.75, 3.05) is 12.8 Å². The lowest BCUT2D eigenvalue weighted by Gasteiger charge is -2.25. The summed E-state index contributed by atoms with van der Waals surface area (Å²) >= 11 is 0. The predicted octanol–water partition coefficient (Wildman–Crippen LogP) is 1.44. The minimum Gasteiger partial charge on any atom is -0.313 e. The van der Waals surface area contributed by atoms with Crippen molar-refractivity contribution >= 4 is 9.84 Å². The van der Waals surface area contributed by atoms with Gasteiger partial charge in [0.1, 0.15) is 0 Å². The Balaban J connectivity index is 4.48. The summed E-state index contributed by atoms with van der Waals surface area (Å²) < 4.78 is 22.8. The van der Waals surface area contributed by atoms with Crippen LogP contribution in [-0.2, 0) is 9.84 Å². The van der Waals surface area contributed by atoms with E-state index in [9.17, 15) is 8.42 Å². The maximum absolute atomic E-state index is 11.4. The van der Waals surface area contributed by atoms with Gasteiger partial charge in [-0.2, -0.15) is 0 Å². The molecular formula is C10H23NO2S. The van der Waals surface area contributed by atoms with E-state index in [1.54, 1.807) is 6.92 Å². The molecule has 0 aromatic rings. The predicted molar refractivity (Wildman–Crippen MR) is 61.2 cm³/mol. The molecule has 0 spiro atoms. The Morgan fingerprint density at radius 2 is 1.71 bits per heavy atom. The molecule has 0 aromatic heterocycles. The van der Waals surface area contributed by atoms with Gasteiger partial charge in [0.15, 0.2) is 9.84 Å². The van der Waals surface area contributed by atoms with Gasteiger partial charge in [0.05, 0.1) is 5.25 Å². The Hall–Kier alpha value is -0.0900. The van der Waals surface area contributed by atoms with Crippen LogP contribution in [0.2, 0.25) is 0 Å². The van der Waals surface area contributed by atoms with Crippen molar-refractivity contribution in [1.29, 1.82) is 0 Å². The highest BCUT2D eigenvalue weighted by molar-refractivity contribution is 7.91. The quantitative estimate of drug-likeness (QED) is 0.738. The van der Waals surface area contributed by atoms with Crippen molar-refractivity contribution in [3.8, 4) is 0 Å². The van der Waals surface area contributed by atoms with E-state index in [0.29, 0.717) is 5.92 Å². The lowest BCUT2D eigenvalue weighted by atomic mass is 10.0. The van der Waals surface area contributed by atoms with E-state index in [0.717, 1.165) is 13.0 Å². The molecule has 0 bridgehead atoms. The molecule has 14 heavy (non-hydrogen) atoms. The van der Waals surface area contributed by atoms with Crippen LogP contribution in [0.3, 0.4) is 0 Å². The normalized spacial score (nSPS) is 17.0. The number of rotatable bonds is 6. The maximum Gasteiger partial charge on any atom is 0.151 e. The second kappa shape index (κ2) is 5.71. The average Bonchev–Trinajstić information content (AvgIpc) is 2.00. The van der Waals surface area contributed by atoms with E-state index in [2.05, 4.69) is 19.2 Å². The van der Waals surface area contributed by atoms with Gasteiger partial charge in [-0.1, -0.05) is 20.8 Å². The molecule has 0 fully saturated rings. The first kappa shape index (κ1) is 13.9. The van der Waals surface area contributed by atoms with Crippen LogP contribution in [0.5, 0.6) is 0 Å². The van der Waals surface area contributed by atoms with Crippen LogP contribution in [0.1, 0.15) is 34.1 Å². The van der Waals surface area contributed by atoms with Crippen molar-refractivity contribution in [2.45, 2.75) is 45.4 Å². The minimum atomic E-state index is -2.93. The van der Waals surface area contributed by atoms with Gasteiger partial charge < -0.3 is 5.32 Å². The van der Waals surface area contributed by atoms with E-state index >= 15 is 0 Å². The molecule has 0 aromatic carbocycles. The molecule has 0 radical (unpaired) electrons. The van der Waals surface area contributed by atoms with Gasteiger partial charge in [0, 0.05) is 12.3 Å². The zero-order valence-corrected chi connectivity index (χ0v) is 10.7. The molecule has 1 N–H and O–H groups in total. The first-order valence-corrected chi connectivity index (χ1v) is 7.16. The van der Waals surface area contributed by atoms with Gasteiger partial charge in [-0.05, 0) is 25.8 Å². The molecule has 0 saturated heterocycles. The molecule has 0 heterocycles. The monoisotopic (exact) mass is 221 g/mol. The summed E-state index contributed by atoms with van der Waals surface area (Å²) in [5, 5.41) is 2.94. The lowest BCUT2D eigenvalue weighted by Crippen LogP contribution is -2.43. The van der Waals surface area contributed by atoms with Crippen molar-refractivity contribution in [3.63, 3.8) is 0 Å². The van der Waals surface area contributed by atoms with Crippen LogP contribution in [0.15, 0.2) is 0 Å². The van der Waals surface area contributed by atoms with Crippen LogP contribution in [0, 0.1) is 5.92 Å². The molecule has 0 rings (SSSR count). The minimum absolute atomic E-state index is 0.0787. The largest absolute Gasteiger partial charge is 0.313 e. The fourth-order valence-corrected chi connectivity index (χ4v) is 2.31. The molecule has 4 heteroatoms. The first-order valence-electron chi connectivity index (χ1n) is 5.21. The van der Waals surface area contributed by atoms with Gasteiger partial charge in [0.25, 0.3) is 0 Å². The molecule has 0 aliphatic heterocycles. The van der Waals surface area contributed by atoms with Gasteiger partial charge in [0.2, 0.25) is 0 Å². The van der Waals surface area contributed by atoms with Crippen molar-refractivity contribution in [2.24, 2.45) is 5.92 Å². The van der Waals surface area contributed by atoms with Crippen LogP contribution >= 0.6 is 0 Å². The maximum atomic E-state index is 11.4. The first-order chi connectivity index (χ1) is 6.29. The molecule has 2 unspecified atom stereocenters. The zero-order chi connectivity index (χ0) is 11.4. The molecule has 86 valence electrons. The van der Waals surface area contributed by atoms with E-state index < -0.39 is 9.84 Å². The Kier molecular flexibility index (Phi) is 5.67. The Bertz CT molecular complexity index is 247. The average molecular weight is 221 g/mol. The fourth-order valence-electron chi connectivity index (χ4n) is 1.51. The standard InChI is InChI=1S/C10H23NO2S/c1-6-11-10(7-8(2)3)9(4)14(5,12)13/h8-11H,6-7H2,1-5H3. The molecule has 0 aliphatic rings. The highest BCUT2D eigenvalue weighted by atomic mass is 32.2. The molecule has 0 aliphatic carbocycles. The van der Waals surface area contributed by atoms with Gasteiger partial charge >= 0.3 is 0 Å². The van der Waals surface area contributed by atoms with Crippen molar-refractivity contribution < 1.29 is 8.42 Å². The van der Waals surface area contributed by atoms with E-state index in [1.807, 2.05) is 6.92 Å². The summed E-state index contributed by atoms with van der Waals surface area (Å²) in [7, 11) is -2.93. The topological polar surface area (TPSA) is 46.2 Å². The SMILES string of the molecule is CCNC(CC(C)C)C(C)S(C)(=O)=O. The van der Waals surface area contributed by atoms with E-state index in [-0.39, 0.29) is 11.3 Å². The van der Waals surface area contributed by atoms with Crippen LogP contribution in [-0.4, -0.2) is 32.5 Å². The third-order valence-corrected chi connectivity index (χ3v) is 4.11. The van der Waals surface area contributed by atoms with Crippen LogP contribution in [0.4, 0.5) is 0 Å². The van der Waals surface area contributed by atoms with Gasteiger partial charge in [-0.3, -0.25) is 0 Å². The molecule has 0 amide bonds. The fraction of sp³-hybridized carbons (Fsp3) is 1.00. The Labute approximate surface area is 88.2 Å².